The van der Waals surface area contributed by atoms with Crippen LogP contribution in [0.15, 0.2) is 42.6 Å². The molecule has 3 aromatic rings. The van der Waals surface area contributed by atoms with Gasteiger partial charge in [0.05, 0.1) is 23.2 Å². The lowest BCUT2D eigenvalue weighted by Gasteiger charge is -2.09. The highest BCUT2D eigenvalue weighted by molar-refractivity contribution is 6.08. The Labute approximate surface area is 194 Å². The van der Waals surface area contributed by atoms with E-state index < -0.39 is 41.3 Å². The summed E-state index contributed by atoms with van der Waals surface area (Å²) in [5.74, 6) is -3.82. The number of carbonyl (C=O) groups is 3. The second-order valence-electron chi connectivity index (χ2n) is 7.25. The number of amides is 2. The Kier molecular flexibility index (Phi) is 7.69. The van der Waals surface area contributed by atoms with Gasteiger partial charge in [0.2, 0.25) is 5.91 Å². The lowest BCUT2D eigenvalue weighted by Crippen LogP contribution is -2.19. The maximum absolute atomic E-state index is 13.9. The first-order valence-electron chi connectivity index (χ1n) is 10.1. The summed E-state index contributed by atoms with van der Waals surface area (Å²) in [5.41, 5.74) is 4.20. The van der Waals surface area contributed by atoms with Crippen LogP contribution in [0.2, 0.25) is 0 Å². The third-order valence-corrected chi connectivity index (χ3v) is 4.76. The summed E-state index contributed by atoms with van der Waals surface area (Å²) in [6, 6.07) is 4.24. The molecule has 0 atom stereocenters. The van der Waals surface area contributed by atoms with Crippen LogP contribution in [0.5, 0.6) is 0 Å². The first-order chi connectivity index (χ1) is 16.5. The summed E-state index contributed by atoms with van der Waals surface area (Å²) >= 11 is 0. The monoisotopic (exact) mass is 498 g/mol. The Morgan fingerprint density at radius 2 is 1.63 bits per heavy atom. The number of aromatic nitrogens is 1. The van der Waals surface area contributed by atoms with Crippen LogP contribution >= 0.6 is 0 Å². The van der Waals surface area contributed by atoms with Gasteiger partial charge in [0.25, 0.3) is 0 Å². The fourth-order valence-electron chi connectivity index (χ4n) is 3.13. The normalized spacial score (nSPS) is 11.4. The van der Waals surface area contributed by atoms with E-state index in [1.54, 1.807) is 0 Å². The van der Waals surface area contributed by atoms with Crippen LogP contribution in [0.25, 0.3) is 10.9 Å². The zero-order chi connectivity index (χ0) is 25.8. The minimum absolute atomic E-state index is 0.0218. The Hall–Kier alpha value is -4.00. The van der Waals surface area contributed by atoms with Crippen LogP contribution < -0.4 is 16.4 Å². The molecule has 0 aliphatic heterocycles. The van der Waals surface area contributed by atoms with Gasteiger partial charge >= 0.3 is 18.2 Å². The molecule has 4 N–H and O–H groups in total. The third kappa shape index (κ3) is 6.32. The molecule has 0 aliphatic rings. The Morgan fingerprint density at radius 1 is 0.971 bits per heavy atom. The lowest BCUT2D eigenvalue weighted by atomic mass is 10.2. The molecule has 0 bridgehead atoms. The van der Waals surface area contributed by atoms with E-state index in [1.807, 2.05) is 0 Å². The molecule has 186 valence electrons. The molecular weight excluding hydrogens is 479 g/mol. The Morgan fingerprint density at radius 3 is 2.26 bits per heavy atom. The molecular formula is C22H19F5N4O4. The van der Waals surface area contributed by atoms with E-state index in [2.05, 4.69) is 10.6 Å². The fourth-order valence-corrected chi connectivity index (χ4v) is 3.13. The highest BCUT2D eigenvalue weighted by atomic mass is 19.4. The molecule has 0 saturated carbocycles. The number of nitrogens with zero attached hydrogens (tertiary/aromatic N) is 1. The molecule has 0 radical (unpaired) electrons. The minimum Gasteiger partial charge on any atom is -0.464 e. The smallest absolute Gasteiger partial charge is 0.416 e. The van der Waals surface area contributed by atoms with Crippen molar-refractivity contribution in [1.82, 2.24) is 4.57 Å². The van der Waals surface area contributed by atoms with E-state index in [4.69, 9.17) is 10.5 Å². The van der Waals surface area contributed by atoms with Gasteiger partial charge in [0.15, 0.2) is 11.6 Å². The van der Waals surface area contributed by atoms with Crippen LogP contribution in [0.1, 0.15) is 23.2 Å². The number of ether oxygens (including phenoxy) is 1. The summed E-state index contributed by atoms with van der Waals surface area (Å²) in [7, 11) is 0. The summed E-state index contributed by atoms with van der Waals surface area (Å²) < 4.78 is 71.5. The van der Waals surface area contributed by atoms with Crippen molar-refractivity contribution in [2.75, 3.05) is 23.8 Å². The highest BCUT2D eigenvalue weighted by Crippen LogP contribution is 2.31. The number of halogens is 5. The number of hydrogen-bond acceptors (Lipinski definition) is 5. The number of esters is 1. The number of rotatable bonds is 7. The van der Waals surface area contributed by atoms with Crippen LogP contribution in [-0.4, -0.2) is 35.6 Å². The zero-order valence-corrected chi connectivity index (χ0v) is 17.9. The fraction of sp³-hybridized carbons (Fsp3) is 0.227. The van der Waals surface area contributed by atoms with Gasteiger partial charge in [-0.25, -0.2) is 13.6 Å². The average molecular weight is 498 g/mol. The van der Waals surface area contributed by atoms with Crippen LogP contribution in [0.4, 0.5) is 38.1 Å². The quantitative estimate of drug-likeness (QED) is 0.328. The lowest BCUT2D eigenvalue weighted by molar-refractivity contribution is -0.143. The molecule has 1 heterocycles. The number of benzene rings is 2. The first kappa shape index (κ1) is 25.6. The number of alkyl halides is 3. The van der Waals surface area contributed by atoms with E-state index in [9.17, 15) is 36.3 Å². The molecule has 35 heavy (non-hydrogen) atoms. The second kappa shape index (κ2) is 10.5. The van der Waals surface area contributed by atoms with E-state index in [0.717, 1.165) is 47.2 Å². The predicted octanol–water partition coefficient (Wildman–Crippen LogP) is 4.50. The summed E-state index contributed by atoms with van der Waals surface area (Å²) in [5, 5.41) is 4.64. The topological polar surface area (TPSA) is 115 Å². The summed E-state index contributed by atoms with van der Waals surface area (Å²) in [6.45, 7) is 0.0857. The van der Waals surface area contributed by atoms with Gasteiger partial charge in [-0.05, 0) is 30.3 Å². The summed E-state index contributed by atoms with van der Waals surface area (Å²) in [6.07, 6.45) is -4.05. The maximum atomic E-state index is 13.9. The van der Waals surface area contributed by atoms with Crippen molar-refractivity contribution in [3.05, 3.63) is 59.8 Å². The average Bonchev–Trinajstić information content (AvgIpc) is 3.12. The van der Waals surface area contributed by atoms with Gasteiger partial charge < -0.3 is 21.1 Å². The summed E-state index contributed by atoms with van der Waals surface area (Å²) in [4.78, 5) is 36.6. The number of fused-ring (bicyclic) bond motifs is 1. The van der Waals surface area contributed by atoms with Crippen molar-refractivity contribution < 1.29 is 41.1 Å². The van der Waals surface area contributed by atoms with E-state index in [-0.39, 0.29) is 48.3 Å². The number of urea groups is 1. The van der Waals surface area contributed by atoms with Crippen LogP contribution in [0, 0.1) is 11.6 Å². The first-order valence-corrected chi connectivity index (χ1v) is 10.1. The molecule has 13 heteroatoms. The molecule has 0 spiro atoms. The molecule has 0 aliphatic carbocycles. The molecule has 0 unspecified atom stereocenters. The van der Waals surface area contributed by atoms with Gasteiger partial charge in [-0.15, -0.1) is 0 Å². The van der Waals surface area contributed by atoms with Crippen molar-refractivity contribution in [3.8, 4) is 0 Å². The third-order valence-electron chi connectivity index (χ3n) is 4.76. The Bertz CT molecular complexity index is 1260. The molecule has 2 aromatic carbocycles. The van der Waals surface area contributed by atoms with E-state index >= 15 is 0 Å². The largest absolute Gasteiger partial charge is 0.464 e. The van der Waals surface area contributed by atoms with Gasteiger partial charge in [0.1, 0.15) is 6.61 Å². The molecule has 0 saturated heterocycles. The van der Waals surface area contributed by atoms with Crippen molar-refractivity contribution in [3.63, 3.8) is 0 Å². The molecule has 3 rings (SSSR count). The minimum atomic E-state index is -4.55. The van der Waals surface area contributed by atoms with Crippen molar-refractivity contribution >= 4 is 40.2 Å². The van der Waals surface area contributed by atoms with Crippen molar-refractivity contribution in [2.24, 2.45) is 5.73 Å². The molecule has 1 aromatic heterocycles. The van der Waals surface area contributed by atoms with Crippen LogP contribution in [0.3, 0.4) is 0 Å². The number of nitrogens with one attached hydrogen (secondary N) is 2. The Balaban J connectivity index is 1.80. The zero-order valence-electron chi connectivity index (χ0n) is 17.9. The SMILES string of the molecule is NCCOC(=O)CCC(=O)n1cc(NC(=O)Nc2ccc(C(F)(F)F)cc2)c2cc(F)c(F)cc21. The predicted molar refractivity (Wildman–Crippen MR) is 116 cm³/mol. The van der Waals surface area contributed by atoms with Gasteiger partial charge in [-0.2, -0.15) is 13.2 Å². The van der Waals surface area contributed by atoms with Gasteiger partial charge in [-0.3, -0.25) is 14.2 Å². The van der Waals surface area contributed by atoms with E-state index in [1.165, 1.54) is 0 Å². The molecule has 8 nitrogen and oxygen atoms in total. The van der Waals surface area contributed by atoms with Crippen molar-refractivity contribution in [2.45, 2.75) is 19.0 Å². The highest BCUT2D eigenvalue weighted by Gasteiger charge is 2.30. The van der Waals surface area contributed by atoms with Crippen LogP contribution in [-0.2, 0) is 15.7 Å². The van der Waals surface area contributed by atoms with E-state index in [0.29, 0.717) is 0 Å². The second-order valence-corrected chi connectivity index (χ2v) is 7.25. The van der Waals surface area contributed by atoms with Gasteiger partial charge in [-0.1, -0.05) is 0 Å². The standard InChI is InChI=1S/C22H19F5N4O4/c23-15-9-14-17(30-21(34)29-13-3-1-12(2-4-13)22(25,26)27)11-31(18(14)10-16(15)24)19(32)5-6-20(33)35-8-7-28/h1-4,9-11H,5-8,28H2,(H2,29,30,34). The number of carbonyl (C=O) groups excluding carboxylic acids is 3. The van der Waals surface area contributed by atoms with Crippen molar-refractivity contribution in [1.29, 1.82) is 0 Å². The number of anilines is 2. The number of nitrogens with two attached hydrogens (primary N) is 1. The number of hydrogen-bond donors (Lipinski definition) is 3. The van der Waals surface area contributed by atoms with Gasteiger partial charge in [0, 0.05) is 36.3 Å². The molecule has 0 fully saturated rings. The maximum Gasteiger partial charge on any atom is 0.416 e. The molecule has 2 amide bonds.